The Kier molecular flexibility index (Phi) is 4.60. The number of ether oxygens (including phenoxy) is 2. The Morgan fingerprint density at radius 2 is 1.92 bits per heavy atom. The summed E-state index contributed by atoms with van der Waals surface area (Å²) in [4.78, 5) is 28.1. The number of nitrogens with zero attached hydrogens (tertiary/aromatic N) is 2. The quantitative estimate of drug-likeness (QED) is 0.762. The van der Waals surface area contributed by atoms with Crippen LogP contribution in [-0.2, 0) is 11.3 Å². The van der Waals surface area contributed by atoms with E-state index in [0.717, 1.165) is 18.4 Å². The Bertz CT molecular complexity index is 689. The lowest BCUT2D eigenvalue weighted by Crippen LogP contribution is -2.46. The topological polar surface area (TPSA) is 71.1 Å². The third kappa shape index (κ3) is 3.28. The maximum absolute atomic E-state index is 12.7. The molecule has 3 amide bonds. The van der Waals surface area contributed by atoms with Crippen molar-refractivity contribution < 1.29 is 19.1 Å². The number of rotatable bonds is 7. The molecule has 1 N–H and O–H groups in total. The highest BCUT2D eigenvalue weighted by Crippen LogP contribution is 2.42. The second-order valence-corrected chi connectivity index (χ2v) is 6.98. The fraction of sp³-hybridized carbons (Fsp3) is 0.556. The Balaban J connectivity index is 1.65. The second kappa shape index (κ2) is 6.55. The molecule has 136 valence electrons. The Labute approximate surface area is 147 Å². The van der Waals surface area contributed by atoms with Crippen molar-refractivity contribution in [3.8, 4) is 11.5 Å². The molecule has 0 spiro atoms. The zero-order valence-electron chi connectivity index (χ0n) is 15.2. The van der Waals surface area contributed by atoms with E-state index in [9.17, 15) is 9.59 Å². The van der Waals surface area contributed by atoms with E-state index in [2.05, 4.69) is 5.32 Å². The van der Waals surface area contributed by atoms with Gasteiger partial charge in [-0.05, 0) is 50.4 Å². The Morgan fingerprint density at radius 3 is 2.52 bits per heavy atom. The third-order valence-electron chi connectivity index (χ3n) is 4.98. The molecule has 1 saturated carbocycles. The van der Waals surface area contributed by atoms with Crippen LogP contribution in [0.4, 0.5) is 4.79 Å². The average molecular weight is 347 g/mol. The molecule has 1 saturated heterocycles. The molecule has 3 rings (SSSR count). The maximum atomic E-state index is 12.7. The molecular weight excluding hydrogens is 322 g/mol. The van der Waals surface area contributed by atoms with Crippen LogP contribution in [0.25, 0.3) is 0 Å². The van der Waals surface area contributed by atoms with Gasteiger partial charge in [0.25, 0.3) is 5.91 Å². The molecule has 2 fully saturated rings. The van der Waals surface area contributed by atoms with Crippen LogP contribution >= 0.6 is 0 Å². The summed E-state index contributed by atoms with van der Waals surface area (Å²) in [5, 5.41) is 2.87. The van der Waals surface area contributed by atoms with Crippen molar-refractivity contribution in [2.75, 3.05) is 27.9 Å². The van der Waals surface area contributed by atoms with Gasteiger partial charge in [0.2, 0.25) is 0 Å². The van der Waals surface area contributed by atoms with E-state index in [0.29, 0.717) is 18.0 Å². The predicted octanol–water partition coefficient (Wildman–Crippen LogP) is 1.81. The largest absolute Gasteiger partial charge is 0.493 e. The first kappa shape index (κ1) is 17.5. The number of carbonyl (C=O) groups is 2. The van der Waals surface area contributed by atoms with Crippen LogP contribution in [0.3, 0.4) is 0 Å². The van der Waals surface area contributed by atoms with Crippen LogP contribution < -0.4 is 14.8 Å². The molecule has 0 unspecified atom stereocenters. The monoisotopic (exact) mass is 347 g/mol. The Hall–Kier alpha value is -2.28. The molecule has 7 nitrogen and oxygen atoms in total. The lowest BCUT2D eigenvalue weighted by Gasteiger charge is -2.24. The predicted molar refractivity (Wildman–Crippen MR) is 92.4 cm³/mol. The molecule has 7 heteroatoms. The zero-order valence-corrected chi connectivity index (χ0v) is 15.2. The van der Waals surface area contributed by atoms with Gasteiger partial charge >= 0.3 is 6.03 Å². The van der Waals surface area contributed by atoms with Crippen molar-refractivity contribution in [2.45, 2.75) is 31.8 Å². The molecule has 1 heterocycles. The summed E-state index contributed by atoms with van der Waals surface area (Å²) < 4.78 is 10.6. The van der Waals surface area contributed by atoms with Gasteiger partial charge in [0.15, 0.2) is 11.5 Å². The van der Waals surface area contributed by atoms with E-state index in [4.69, 9.17) is 9.47 Å². The van der Waals surface area contributed by atoms with Crippen LogP contribution in [0.1, 0.15) is 25.3 Å². The smallest absolute Gasteiger partial charge is 0.326 e. The molecule has 1 aliphatic heterocycles. The normalized spacial score (nSPS) is 23.2. The number of urea groups is 1. The highest BCUT2D eigenvalue weighted by Gasteiger charge is 2.56. The van der Waals surface area contributed by atoms with Gasteiger partial charge in [-0.25, -0.2) is 9.69 Å². The van der Waals surface area contributed by atoms with Crippen molar-refractivity contribution in [3.05, 3.63) is 23.8 Å². The second-order valence-electron chi connectivity index (χ2n) is 6.98. The number of benzene rings is 1. The summed E-state index contributed by atoms with van der Waals surface area (Å²) in [6, 6.07) is 5.38. The van der Waals surface area contributed by atoms with Crippen LogP contribution in [0.15, 0.2) is 18.2 Å². The first-order valence-corrected chi connectivity index (χ1v) is 8.42. The van der Waals surface area contributed by atoms with E-state index < -0.39 is 5.54 Å². The highest BCUT2D eigenvalue weighted by molar-refractivity contribution is 6.07. The molecule has 2 aliphatic rings. The molecule has 25 heavy (non-hydrogen) atoms. The van der Waals surface area contributed by atoms with Crippen LogP contribution in [0.2, 0.25) is 0 Å². The summed E-state index contributed by atoms with van der Waals surface area (Å²) in [7, 11) is 5.07. The third-order valence-corrected chi connectivity index (χ3v) is 4.98. The summed E-state index contributed by atoms with van der Waals surface area (Å²) in [6.07, 6.45) is 2.00. The van der Waals surface area contributed by atoms with Crippen molar-refractivity contribution >= 4 is 11.9 Å². The van der Waals surface area contributed by atoms with E-state index >= 15 is 0 Å². The number of hydrogen-bond acceptors (Lipinski definition) is 5. The Morgan fingerprint density at radius 1 is 1.24 bits per heavy atom. The standard InChI is InChI=1S/C18H25N3O4/c1-18(13-6-7-13)16(22)21(17(23)19-18)11-20(2)10-12-5-8-14(24-3)15(9-12)25-4/h5,8-9,13H,6-7,10-11H2,1-4H3,(H,19,23)/t18-/m0/s1. The van der Waals surface area contributed by atoms with Gasteiger partial charge in [-0.3, -0.25) is 9.69 Å². The number of nitrogens with one attached hydrogen (secondary N) is 1. The summed E-state index contributed by atoms with van der Waals surface area (Å²) in [5.41, 5.74) is 0.276. The number of amides is 3. The molecule has 0 bridgehead atoms. The van der Waals surface area contributed by atoms with Crippen molar-refractivity contribution in [1.29, 1.82) is 0 Å². The molecule has 1 aliphatic carbocycles. The highest BCUT2D eigenvalue weighted by atomic mass is 16.5. The van der Waals surface area contributed by atoms with Gasteiger partial charge in [0.05, 0.1) is 20.9 Å². The van der Waals surface area contributed by atoms with Crippen molar-refractivity contribution in [1.82, 2.24) is 15.1 Å². The number of imide groups is 1. The first-order chi connectivity index (χ1) is 11.9. The average Bonchev–Trinajstić information content (AvgIpc) is 3.41. The minimum atomic E-state index is -0.735. The van der Waals surface area contributed by atoms with Gasteiger partial charge in [-0.2, -0.15) is 0 Å². The van der Waals surface area contributed by atoms with Gasteiger partial charge in [0.1, 0.15) is 5.54 Å². The molecule has 1 atom stereocenters. The maximum Gasteiger partial charge on any atom is 0.326 e. The van der Waals surface area contributed by atoms with Crippen LogP contribution in [0, 0.1) is 5.92 Å². The van der Waals surface area contributed by atoms with Gasteiger partial charge in [-0.15, -0.1) is 0 Å². The molecule has 1 aromatic rings. The van der Waals surface area contributed by atoms with E-state index in [1.807, 2.05) is 37.1 Å². The summed E-state index contributed by atoms with van der Waals surface area (Å²) in [6.45, 7) is 2.66. The number of hydrogen-bond donors (Lipinski definition) is 1. The van der Waals surface area contributed by atoms with Crippen molar-refractivity contribution in [2.24, 2.45) is 5.92 Å². The van der Waals surface area contributed by atoms with Gasteiger partial charge < -0.3 is 14.8 Å². The summed E-state index contributed by atoms with van der Waals surface area (Å²) >= 11 is 0. The lowest BCUT2D eigenvalue weighted by molar-refractivity contribution is -0.132. The van der Waals surface area contributed by atoms with E-state index in [1.165, 1.54) is 4.90 Å². The number of methoxy groups -OCH3 is 2. The fourth-order valence-corrected chi connectivity index (χ4v) is 3.36. The first-order valence-electron chi connectivity index (χ1n) is 8.42. The van der Waals surface area contributed by atoms with Crippen LogP contribution in [-0.4, -0.2) is 55.2 Å². The zero-order chi connectivity index (χ0) is 18.2. The van der Waals surface area contributed by atoms with Crippen LogP contribution in [0.5, 0.6) is 11.5 Å². The fourth-order valence-electron chi connectivity index (χ4n) is 3.36. The van der Waals surface area contributed by atoms with E-state index in [1.54, 1.807) is 14.2 Å². The van der Waals surface area contributed by atoms with Gasteiger partial charge in [0, 0.05) is 6.54 Å². The minimum Gasteiger partial charge on any atom is -0.493 e. The molecule has 1 aromatic carbocycles. The SMILES string of the molecule is COc1ccc(CN(C)CN2C(=O)N[C@@](C)(C3CC3)C2=O)cc1OC. The lowest BCUT2D eigenvalue weighted by atomic mass is 9.96. The molecular formula is C18H25N3O4. The number of carbonyl (C=O) groups excluding carboxylic acids is 2. The minimum absolute atomic E-state index is 0.126. The summed E-state index contributed by atoms with van der Waals surface area (Å²) in [5.74, 6) is 1.47. The molecule has 0 aromatic heterocycles. The van der Waals surface area contributed by atoms with E-state index in [-0.39, 0.29) is 24.5 Å². The van der Waals surface area contributed by atoms with Gasteiger partial charge in [-0.1, -0.05) is 6.07 Å². The van der Waals surface area contributed by atoms with Crippen molar-refractivity contribution in [3.63, 3.8) is 0 Å². The molecule has 0 radical (unpaired) electrons.